The summed E-state index contributed by atoms with van der Waals surface area (Å²) in [6.45, 7) is 7.04. The molecule has 0 spiro atoms. The van der Waals surface area contributed by atoms with Crippen LogP contribution in [0, 0.1) is 6.92 Å². The first-order valence-corrected chi connectivity index (χ1v) is 6.84. The average molecular weight is 248 g/mol. The Balaban J connectivity index is 2.24. The van der Waals surface area contributed by atoms with Crippen molar-refractivity contribution in [3.63, 3.8) is 0 Å². The number of piperidine rings is 1. The number of likely N-dealkylation sites (N-methyl/N-ethyl adjacent to an activating group) is 1. The van der Waals surface area contributed by atoms with E-state index in [0.29, 0.717) is 12.5 Å². The molecule has 100 valence electrons. The lowest BCUT2D eigenvalue weighted by molar-refractivity contribution is 0.248. The quantitative estimate of drug-likeness (QED) is 0.884. The fourth-order valence-corrected chi connectivity index (χ4v) is 2.56. The van der Waals surface area contributed by atoms with E-state index in [1.807, 2.05) is 6.92 Å². The van der Waals surface area contributed by atoms with Crippen LogP contribution in [0.2, 0.25) is 0 Å². The van der Waals surface area contributed by atoms with Gasteiger partial charge in [-0.15, -0.1) is 0 Å². The van der Waals surface area contributed by atoms with Crippen molar-refractivity contribution in [1.29, 1.82) is 0 Å². The number of nitrogens with two attached hydrogens (primary N) is 1. The zero-order valence-corrected chi connectivity index (χ0v) is 11.7. The second kappa shape index (κ2) is 5.76. The van der Waals surface area contributed by atoms with Gasteiger partial charge in [0.05, 0.1) is 0 Å². The lowest BCUT2D eigenvalue weighted by Crippen LogP contribution is -2.31. The Bertz CT molecular complexity index is 405. The van der Waals surface area contributed by atoms with Crippen LogP contribution in [0.15, 0.2) is 6.07 Å². The van der Waals surface area contributed by atoms with Crippen molar-refractivity contribution < 1.29 is 0 Å². The lowest BCUT2D eigenvalue weighted by atomic mass is 9.94. The smallest absolute Gasteiger partial charge is 0.132 e. The van der Waals surface area contributed by atoms with Gasteiger partial charge >= 0.3 is 0 Å². The fraction of sp³-hybridized carbons (Fsp3) is 0.714. The largest absolute Gasteiger partial charge is 0.330 e. The maximum Gasteiger partial charge on any atom is 0.132 e. The first-order chi connectivity index (χ1) is 8.60. The zero-order valence-electron chi connectivity index (χ0n) is 11.7. The summed E-state index contributed by atoms with van der Waals surface area (Å²) in [6, 6.07) is 2.14. The van der Waals surface area contributed by atoms with Gasteiger partial charge in [0.15, 0.2) is 0 Å². The van der Waals surface area contributed by atoms with Gasteiger partial charge in [-0.2, -0.15) is 0 Å². The van der Waals surface area contributed by atoms with E-state index >= 15 is 0 Å². The zero-order chi connectivity index (χ0) is 13.1. The highest BCUT2D eigenvalue weighted by atomic mass is 15.1. The summed E-state index contributed by atoms with van der Waals surface area (Å²) in [5.41, 5.74) is 7.97. The van der Waals surface area contributed by atoms with Gasteiger partial charge in [-0.1, -0.05) is 6.92 Å². The predicted octanol–water partition coefficient (Wildman–Crippen LogP) is 1.66. The van der Waals surface area contributed by atoms with Crippen LogP contribution >= 0.6 is 0 Å². The van der Waals surface area contributed by atoms with E-state index in [1.165, 1.54) is 25.1 Å². The molecule has 1 aromatic heterocycles. The summed E-state index contributed by atoms with van der Waals surface area (Å²) < 4.78 is 0. The number of aryl methyl sites for hydroxylation is 1. The first-order valence-electron chi connectivity index (χ1n) is 6.84. The molecule has 1 aliphatic heterocycles. The van der Waals surface area contributed by atoms with Crippen molar-refractivity contribution in [1.82, 2.24) is 14.9 Å². The van der Waals surface area contributed by atoms with E-state index < -0.39 is 0 Å². The average Bonchev–Trinajstić information content (AvgIpc) is 2.37. The molecule has 1 fully saturated rings. The van der Waals surface area contributed by atoms with Crippen molar-refractivity contribution in [3.8, 4) is 0 Å². The van der Waals surface area contributed by atoms with Crippen LogP contribution in [0.1, 0.15) is 48.8 Å². The molecular weight excluding hydrogens is 224 g/mol. The molecule has 0 bridgehead atoms. The predicted molar refractivity (Wildman–Crippen MR) is 73.7 cm³/mol. The molecule has 1 aliphatic rings. The van der Waals surface area contributed by atoms with E-state index in [-0.39, 0.29) is 5.92 Å². The van der Waals surface area contributed by atoms with E-state index in [0.717, 1.165) is 18.1 Å². The van der Waals surface area contributed by atoms with Gasteiger partial charge in [0, 0.05) is 36.3 Å². The van der Waals surface area contributed by atoms with Crippen LogP contribution in [-0.4, -0.2) is 41.5 Å². The van der Waals surface area contributed by atoms with Crippen molar-refractivity contribution in [2.45, 2.75) is 38.5 Å². The fourth-order valence-electron chi connectivity index (χ4n) is 2.56. The molecule has 4 nitrogen and oxygen atoms in total. The summed E-state index contributed by atoms with van der Waals surface area (Å²) in [6.07, 6.45) is 2.49. The number of likely N-dealkylation sites (tertiary alicyclic amines) is 1. The Kier molecular flexibility index (Phi) is 4.30. The molecule has 0 aliphatic carbocycles. The molecule has 4 heteroatoms. The molecule has 2 rings (SSSR count). The van der Waals surface area contributed by atoms with Gasteiger partial charge in [-0.3, -0.25) is 0 Å². The summed E-state index contributed by atoms with van der Waals surface area (Å²) in [7, 11) is 2.18. The van der Waals surface area contributed by atoms with Crippen LogP contribution in [-0.2, 0) is 0 Å². The SMILES string of the molecule is Cc1cc(C2CCCN(C)C2)nc(C(C)CN)n1. The maximum absolute atomic E-state index is 5.72. The minimum atomic E-state index is 0.241. The highest BCUT2D eigenvalue weighted by Gasteiger charge is 2.21. The summed E-state index contributed by atoms with van der Waals surface area (Å²) in [5.74, 6) is 1.69. The molecule has 2 heterocycles. The van der Waals surface area contributed by atoms with Crippen LogP contribution < -0.4 is 5.73 Å². The van der Waals surface area contributed by atoms with Crippen molar-refractivity contribution in [2.24, 2.45) is 5.73 Å². The Morgan fingerprint density at radius 1 is 1.50 bits per heavy atom. The summed E-state index contributed by atoms with van der Waals surface area (Å²) in [4.78, 5) is 11.6. The number of aromatic nitrogens is 2. The van der Waals surface area contributed by atoms with Crippen LogP contribution in [0.3, 0.4) is 0 Å². The molecule has 2 N–H and O–H groups in total. The van der Waals surface area contributed by atoms with Crippen LogP contribution in [0.25, 0.3) is 0 Å². The van der Waals surface area contributed by atoms with Gasteiger partial charge in [0.2, 0.25) is 0 Å². The van der Waals surface area contributed by atoms with Gasteiger partial charge in [-0.05, 0) is 39.4 Å². The molecule has 2 atom stereocenters. The van der Waals surface area contributed by atoms with Gasteiger partial charge in [0.25, 0.3) is 0 Å². The Hall–Kier alpha value is -1.00. The van der Waals surface area contributed by atoms with E-state index in [2.05, 4.69) is 29.9 Å². The van der Waals surface area contributed by atoms with Gasteiger partial charge < -0.3 is 10.6 Å². The molecule has 1 aromatic rings. The number of hydrogen-bond donors (Lipinski definition) is 1. The normalized spacial score (nSPS) is 23.0. The molecule has 0 radical (unpaired) electrons. The minimum absolute atomic E-state index is 0.241. The minimum Gasteiger partial charge on any atom is -0.330 e. The molecule has 1 saturated heterocycles. The third kappa shape index (κ3) is 3.06. The highest BCUT2D eigenvalue weighted by molar-refractivity contribution is 5.17. The number of nitrogens with zero attached hydrogens (tertiary/aromatic N) is 3. The maximum atomic E-state index is 5.72. The van der Waals surface area contributed by atoms with Gasteiger partial charge in [0.1, 0.15) is 5.82 Å². The van der Waals surface area contributed by atoms with Crippen molar-refractivity contribution >= 4 is 0 Å². The first kappa shape index (κ1) is 13.4. The number of hydrogen-bond acceptors (Lipinski definition) is 4. The van der Waals surface area contributed by atoms with Crippen molar-refractivity contribution in [3.05, 3.63) is 23.3 Å². The molecule has 0 aromatic carbocycles. The molecule has 2 unspecified atom stereocenters. The van der Waals surface area contributed by atoms with Gasteiger partial charge in [-0.25, -0.2) is 9.97 Å². The van der Waals surface area contributed by atoms with E-state index in [4.69, 9.17) is 10.7 Å². The molecule has 0 amide bonds. The Morgan fingerprint density at radius 3 is 2.94 bits per heavy atom. The Labute approximate surface area is 110 Å². The van der Waals surface area contributed by atoms with E-state index in [9.17, 15) is 0 Å². The van der Waals surface area contributed by atoms with E-state index in [1.54, 1.807) is 0 Å². The third-order valence-corrected chi connectivity index (χ3v) is 3.73. The second-order valence-corrected chi connectivity index (χ2v) is 5.53. The highest BCUT2D eigenvalue weighted by Crippen LogP contribution is 2.26. The molecule has 18 heavy (non-hydrogen) atoms. The number of rotatable bonds is 3. The monoisotopic (exact) mass is 248 g/mol. The summed E-state index contributed by atoms with van der Waals surface area (Å²) >= 11 is 0. The lowest BCUT2D eigenvalue weighted by Gasteiger charge is -2.29. The van der Waals surface area contributed by atoms with Crippen molar-refractivity contribution in [2.75, 3.05) is 26.7 Å². The molecular formula is C14H24N4. The summed E-state index contributed by atoms with van der Waals surface area (Å²) in [5, 5.41) is 0. The standard InChI is InChI=1S/C14H24N4/c1-10(8-15)14-16-11(2)7-13(17-14)12-5-4-6-18(3)9-12/h7,10,12H,4-6,8-9,15H2,1-3H3. The topological polar surface area (TPSA) is 55.0 Å². The Morgan fingerprint density at radius 2 is 2.28 bits per heavy atom. The second-order valence-electron chi connectivity index (χ2n) is 5.53. The van der Waals surface area contributed by atoms with Crippen LogP contribution in [0.5, 0.6) is 0 Å². The van der Waals surface area contributed by atoms with Crippen LogP contribution in [0.4, 0.5) is 0 Å². The molecule has 0 saturated carbocycles. The third-order valence-electron chi connectivity index (χ3n) is 3.73.